The summed E-state index contributed by atoms with van der Waals surface area (Å²) >= 11 is 0. The summed E-state index contributed by atoms with van der Waals surface area (Å²) in [6, 6.07) is 14.2. The molecule has 2 N–H and O–H groups in total. The average Bonchev–Trinajstić information content (AvgIpc) is 2.74. The van der Waals surface area contributed by atoms with Gasteiger partial charge < -0.3 is 10.5 Å². The molecule has 2 aromatic rings. The zero-order valence-corrected chi connectivity index (χ0v) is 22.1. The summed E-state index contributed by atoms with van der Waals surface area (Å²) in [5.41, 5.74) is 12.4. The van der Waals surface area contributed by atoms with Gasteiger partial charge in [-0.05, 0) is 68.9 Å². The number of hydrogen-bond donors (Lipinski definition) is 1. The number of carbonyl (C=O) groups is 1. The van der Waals surface area contributed by atoms with Crippen molar-refractivity contribution in [3.63, 3.8) is 0 Å². The van der Waals surface area contributed by atoms with Crippen LogP contribution >= 0.6 is 0 Å². The first-order chi connectivity index (χ1) is 15.7. The monoisotopic (exact) mass is 480 g/mol. The van der Waals surface area contributed by atoms with E-state index in [9.17, 15) is 13.2 Å². The van der Waals surface area contributed by atoms with E-state index in [0.717, 1.165) is 17.8 Å². The first-order valence-corrected chi connectivity index (χ1v) is 11.5. The Kier molecular flexibility index (Phi) is 16.7. The van der Waals surface area contributed by atoms with Gasteiger partial charge in [0.05, 0.1) is 5.69 Å². The van der Waals surface area contributed by atoms with Crippen LogP contribution in [0.3, 0.4) is 0 Å². The SMILES string of the molecule is C=O.CC(=Nc1cc(C)ccc1C)C(C)(C)C.CCCCCC(F)(F)F.Cc1ccc(N)cc1. The summed E-state index contributed by atoms with van der Waals surface area (Å²) in [6.07, 6.45) is -2.77. The molecule has 3 nitrogen and oxygen atoms in total. The molecule has 0 radical (unpaired) electrons. The summed E-state index contributed by atoms with van der Waals surface area (Å²) in [6.45, 7) is 18.8. The van der Waals surface area contributed by atoms with Crippen LogP contribution < -0.4 is 5.73 Å². The van der Waals surface area contributed by atoms with E-state index in [4.69, 9.17) is 15.5 Å². The summed E-state index contributed by atoms with van der Waals surface area (Å²) in [5.74, 6) is 0. The Morgan fingerprint density at radius 3 is 1.82 bits per heavy atom. The highest BCUT2D eigenvalue weighted by atomic mass is 19.4. The van der Waals surface area contributed by atoms with Gasteiger partial charge in [0.2, 0.25) is 0 Å². The minimum atomic E-state index is -3.95. The summed E-state index contributed by atoms with van der Waals surface area (Å²) < 4.78 is 34.1. The van der Waals surface area contributed by atoms with Crippen molar-refractivity contribution in [1.82, 2.24) is 0 Å². The zero-order valence-electron chi connectivity index (χ0n) is 22.1. The van der Waals surface area contributed by atoms with Gasteiger partial charge in [0, 0.05) is 17.8 Å². The largest absolute Gasteiger partial charge is 0.399 e. The molecule has 0 heterocycles. The molecule has 2 rings (SSSR count). The second kappa shape index (κ2) is 16.9. The van der Waals surface area contributed by atoms with Crippen LogP contribution in [0.4, 0.5) is 24.5 Å². The van der Waals surface area contributed by atoms with E-state index < -0.39 is 12.6 Å². The third-order valence-electron chi connectivity index (χ3n) is 4.88. The molecule has 0 aliphatic heterocycles. The van der Waals surface area contributed by atoms with Crippen molar-refractivity contribution in [2.24, 2.45) is 10.4 Å². The molecule has 0 saturated heterocycles. The maximum atomic E-state index is 11.4. The van der Waals surface area contributed by atoms with Crippen molar-refractivity contribution in [2.75, 3.05) is 5.73 Å². The Morgan fingerprint density at radius 2 is 1.41 bits per heavy atom. The normalized spacial score (nSPS) is 11.2. The highest BCUT2D eigenvalue weighted by Crippen LogP contribution is 2.24. The van der Waals surface area contributed by atoms with Crippen molar-refractivity contribution in [2.45, 2.75) is 87.2 Å². The van der Waals surface area contributed by atoms with Gasteiger partial charge in [-0.1, -0.05) is 70.4 Å². The molecule has 0 amide bonds. The van der Waals surface area contributed by atoms with E-state index >= 15 is 0 Å². The van der Waals surface area contributed by atoms with Crippen LogP contribution in [-0.2, 0) is 4.79 Å². The molecule has 34 heavy (non-hydrogen) atoms. The summed E-state index contributed by atoms with van der Waals surface area (Å²) in [4.78, 5) is 12.7. The molecule has 0 saturated carbocycles. The lowest BCUT2D eigenvalue weighted by Crippen LogP contribution is -2.16. The Bertz CT molecular complexity index is 815. The minimum absolute atomic E-state index is 0.149. The number of halogens is 3. The van der Waals surface area contributed by atoms with Gasteiger partial charge in [-0.15, -0.1) is 0 Å². The number of alkyl halides is 3. The number of nitrogens with two attached hydrogens (primary N) is 1. The number of unbranched alkanes of at least 4 members (excludes halogenated alkanes) is 2. The van der Waals surface area contributed by atoms with Crippen LogP contribution in [-0.4, -0.2) is 18.7 Å². The maximum Gasteiger partial charge on any atom is 0.389 e. The molecular weight excluding hydrogens is 437 g/mol. The number of aryl methyl sites for hydroxylation is 3. The molecule has 0 spiro atoms. The fraction of sp³-hybridized carbons (Fsp3) is 0.500. The summed E-state index contributed by atoms with van der Waals surface area (Å²) in [7, 11) is 0. The van der Waals surface area contributed by atoms with Crippen LogP contribution in [0.25, 0.3) is 0 Å². The van der Waals surface area contributed by atoms with Gasteiger partial charge in [0.15, 0.2) is 0 Å². The fourth-order valence-electron chi connectivity index (χ4n) is 2.33. The molecule has 0 fully saturated rings. The summed E-state index contributed by atoms with van der Waals surface area (Å²) in [5, 5.41) is 0. The molecule has 6 heteroatoms. The van der Waals surface area contributed by atoms with Gasteiger partial charge in [0.25, 0.3) is 0 Å². The minimum Gasteiger partial charge on any atom is -0.399 e. The lowest BCUT2D eigenvalue weighted by atomic mass is 9.91. The topological polar surface area (TPSA) is 55.5 Å². The van der Waals surface area contributed by atoms with E-state index in [2.05, 4.69) is 59.7 Å². The molecule has 0 unspecified atom stereocenters. The predicted octanol–water partition coefficient (Wildman–Crippen LogP) is 8.96. The predicted molar refractivity (Wildman–Crippen MR) is 141 cm³/mol. The van der Waals surface area contributed by atoms with Gasteiger partial charge in [-0.3, -0.25) is 4.99 Å². The number of rotatable bonds is 4. The lowest BCUT2D eigenvalue weighted by Gasteiger charge is -2.18. The number of benzene rings is 2. The van der Waals surface area contributed by atoms with Gasteiger partial charge in [-0.2, -0.15) is 13.2 Å². The smallest absolute Gasteiger partial charge is 0.389 e. The number of nitrogens with zero attached hydrogens (tertiary/aromatic N) is 1. The van der Waals surface area contributed by atoms with Crippen LogP contribution in [0.15, 0.2) is 47.5 Å². The zero-order chi connectivity index (χ0) is 26.9. The second-order valence-electron chi connectivity index (χ2n) is 9.22. The van der Waals surface area contributed by atoms with Crippen LogP contribution in [0.2, 0.25) is 0 Å². The third-order valence-corrected chi connectivity index (χ3v) is 4.88. The number of anilines is 1. The van der Waals surface area contributed by atoms with Crippen molar-refractivity contribution < 1.29 is 18.0 Å². The van der Waals surface area contributed by atoms with E-state index in [1.54, 1.807) is 0 Å². The fourth-order valence-corrected chi connectivity index (χ4v) is 2.33. The number of hydrogen-bond acceptors (Lipinski definition) is 3. The Balaban J connectivity index is 0. The van der Waals surface area contributed by atoms with Crippen molar-refractivity contribution in [3.8, 4) is 0 Å². The number of aliphatic imine (C=N–C) groups is 1. The van der Waals surface area contributed by atoms with E-state index in [-0.39, 0.29) is 11.8 Å². The van der Waals surface area contributed by atoms with Gasteiger partial charge >= 0.3 is 6.18 Å². The molecule has 2 aromatic carbocycles. The number of carbonyl (C=O) groups excluding carboxylic acids is 1. The number of nitrogen functional groups attached to an aromatic ring is 1. The molecule has 0 aliphatic rings. The molecule has 0 atom stereocenters. The van der Waals surface area contributed by atoms with E-state index in [0.29, 0.717) is 6.42 Å². The Morgan fingerprint density at radius 1 is 0.912 bits per heavy atom. The van der Waals surface area contributed by atoms with Gasteiger partial charge in [0.1, 0.15) is 6.79 Å². The van der Waals surface area contributed by atoms with E-state index in [1.807, 2.05) is 44.9 Å². The first-order valence-electron chi connectivity index (χ1n) is 11.5. The van der Waals surface area contributed by atoms with Crippen LogP contribution in [0, 0.1) is 26.2 Å². The third kappa shape index (κ3) is 17.9. The highest BCUT2D eigenvalue weighted by Gasteiger charge is 2.25. The van der Waals surface area contributed by atoms with Crippen molar-refractivity contribution in [1.29, 1.82) is 0 Å². The quantitative estimate of drug-likeness (QED) is 0.270. The molecule has 0 aliphatic carbocycles. The van der Waals surface area contributed by atoms with Crippen molar-refractivity contribution in [3.05, 3.63) is 59.2 Å². The standard InChI is InChI=1S/C14H21N.C7H9N.C6H11F3.CH2O/c1-10-7-8-11(2)13(9-10)15-12(3)14(4,5)6;1-6-2-4-7(8)5-3-6;1-2-3-4-5-6(7,8)9;1-2/h7-9H,1-6H3;2-5H,8H2,1H3;2-5H2,1H3;1H2. The Hall–Kier alpha value is -2.63. The molecule has 0 aromatic heterocycles. The van der Waals surface area contributed by atoms with E-state index in [1.165, 1.54) is 22.4 Å². The van der Waals surface area contributed by atoms with Crippen LogP contribution in [0.1, 0.15) is 77.0 Å². The molecule has 192 valence electrons. The Labute approximate surface area is 204 Å². The van der Waals surface area contributed by atoms with Crippen molar-refractivity contribution >= 4 is 23.9 Å². The van der Waals surface area contributed by atoms with Gasteiger partial charge in [-0.25, -0.2) is 0 Å². The lowest BCUT2D eigenvalue weighted by molar-refractivity contribution is -0.135. The van der Waals surface area contributed by atoms with Crippen LogP contribution in [0.5, 0.6) is 0 Å². The highest BCUT2D eigenvalue weighted by molar-refractivity contribution is 5.89. The molecular formula is C28H43F3N2O. The first kappa shape index (κ1) is 33.5. The molecule has 0 bridgehead atoms. The maximum absolute atomic E-state index is 11.4. The second-order valence-corrected chi connectivity index (χ2v) is 9.22. The average molecular weight is 481 g/mol.